The van der Waals surface area contributed by atoms with Crippen LogP contribution in [0.25, 0.3) is 27.0 Å². The topological polar surface area (TPSA) is 153 Å². The monoisotopic (exact) mass is 865 g/mol. The first kappa shape index (κ1) is 43.2. The molecule has 1 unspecified atom stereocenters. The lowest BCUT2D eigenvalue weighted by Crippen LogP contribution is -2.60. The van der Waals surface area contributed by atoms with E-state index in [1.807, 2.05) is 76.5 Å². The Morgan fingerprint density at radius 2 is 1.79 bits per heavy atom. The number of nitrogens with zero attached hydrogens (tertiary/aromatic N) is 5. The molecule has 2 amide bonds. The number of aliphatic hydroxyl groups is 2. The van der Waals surface area contributed by atoms with Gasteiger partial charge in [-0.2, -0.15) is 4.98 Å². The van der Waals surface area contributed by atoms with Gasteiger partial charge >= 0.3 is 0 Å². The number of likely N-dealkylation sites (tertiary alicyclic amines) is 2. The van der Waals surface area contributed by atoms with Gasteiger partial charge in [-0.25, -0.2) is 4.98 Å². The minimum absolute atomic E-state index is 0.0395. The van der Waals surface area contributed by atoms with E-state index < -0.39 is 35.2 Å². The quantitative estimate of drug-likeness (QED) is 0.116. The number of carbonyl (C=O) groups is 2. The molecule has 3 aromatic carbocycles. The summed E-state index contributed by atoms with van der Waals surface area (Å²) in [7, 11) is 0. The predicted molar refractivity (Wildman–Crippen MR) is 240 cm³/mol. The number of carbonyl (C=O) groups excluding carboxylic acids is 2. The number of halogens is 1. The number of hydrogen-bond donors (Lipinski definition) is 4. The molecule has 5 atom stereocenters. The molecular weight excluding hydrogens is 810 g/mol. The van der Waals surface area contributed by atoms with Crippen molar-refractivity contribution in [3.05, 3.63) is 110 Å². The maximum absolute atomic E-state index is 14.3. The number of aliphatic hydroxyl groups excluding tert-OH is 2. The SMILES string of the molecule is Cc1ncsc1-c1ccc([C@H](C)NC(=O)[C@@H]2C[C@@H](O)CN2C(=O)[C@@H](NC(O)CN2CCC(c3ccc4c(c3)C(C)(C)c3nc(=O)c5c(Cl)cccc5n3-4)CC2)C(C)(C)C)cc1. The van der Waals surface area contributed by atoms with Crippen LogP contribution in [0.2, 0.25) is 5.02 Å². The van der Waals surface area contributed by atoms with Crippen molar-refractivity contribution < 1.29 is 19.8 Å². The highest BCUT2D eigenvalue weighted by atomic mass is 35.5. The second kappa shape index (κ2) is 16.7. The molecular formula is C47H56ClN7O5S. The zero-order valence-electron chi connectivity index (χ0n) is 35.9. The summed E-state index contributed by atoms with van der Waals surface area (Å²) in [5, 5.41) is 29.3. The average Bonchev–Trinajstić information content (AvgIpc) is 3.90. The van der Waals surface area contributed by atoms with Crippen LogP contribution in [-0.4, -0.2) is 97.0 Å². The predicted octanol–water partition coefficient (Wildman–Crippen LogP) is 6.45. The van der Waals surface area contributed by atoms with Crippen molar-refractivity contribution in [1.82, 2.24) is 35.0 Å². The number of hydrogen-bond acceptors (Lipinski definition) is 10. The molecule has 14 heteroatoms. The average molecular weight is 867 g/mol. The summed E-state index contributed by atoms with van der Waals surface area (Å²) in [6.07, 6.45) is 0.0903. The van der Waals surface area contributed by atoms with Crippen LogP contribution in [0.3, 0.4) is 0 Å². The summed E-state index contributed by atoms with van der Waals surface area (Å²) in [6.45, 7) is 15.8. The minimum atomic E-state index is -1.00. The Labute approximate surface area is 366 Å². The molecule has 2 fully saturated rings. The second-order valence-corrected chi connectivity index (χ2v) is 19.9. The third-order valence-electron chi connectivity index (χ3n) is 13.0. The molecule has 2 saturated heterocycles. The van der Waals surface area contributed by atoms with E-state index >= 15 is 0 Å². The number of nitrogens with one attached hydrogen (secondary N) is 2. The van der Waals surface area contributed by atoms with Gasteiger partial charge in [-0.1, -0.05) is 74.8 Å². The molecule has 0 bridgehead atoms. The van der Waals surface area contributed by atoms with Crippen LogP contribution in [0.15, 0.2) is 71.0 Å². The highest BCUT2D eigenvalue weighted by molar-refractivity contribution is 7.13. The third-order valence-corrected chi connectivity index (χ3v) is 14.3. The first-order chi connectivity index (χ1) is 28.9. The van der Waals surface area contributed by atoms with E-state index in [1.165, 1.54) is 10.5 Å². The van der Waals surface area contributed by atoms with E-state index in [0.717, 1.165) is 64.4 Å². The van der Waals surface area contributed by atoms with Crippen LogP contribution >= 0.6 is 22.9 Å². The highest BCUT2D eigenvalue weighted by Gasteiger charge is 2.45. The normalized spacial score (nSPS) is 20.7. The van der Waals surface area contributed by atoms with Crippen LogP contribution in [0.4, 0.5) is 0 Å². The van der Waals surface area contributed by atoms with Crippen molar-refractivity contribution in [3.8, 4) is 16.1 Å². The fourth-order valence-corrected chi connectivity index (χ4v) is 10.6. The van der Waals surface area contributed by atoms with E-state index in [1.54, 1.807) is 17.4 Å². The maximum atomic E-state index is 14.3. The number of aryl methyl sites for hydroxylation is 1. The largest absolute Gasteiger partial charge is 0.391 e. The van der Waals surface area contributed by atoms with Crippen molar-refractivity contribution in [2.24, 2.45) is 5.41 Å². The van der Waals surface area contributed by atoms with E-state index in [4.69, 9.17) is 11.6 Å². The van der Waals surface area contributed by atoms with Gasteiger partial charge in [-0.05, 0) is 105 Å². The van der Waals surface area contributed by atoms with Gasteiger partial charge in [0, 0.05) is 19.5 Å². The first-order valence-electron chi connectivity index (χ1n) is 21.2. The lowest BCUT2D eigenvalue weighted by atomic mass is 9.81. The number of benzene rings is 3. The number of amides is 2. The molecule has 0 spiro atoms. The summed E-state index contributed by atoms with van der Waals surface area (Å²) >= 11 is 8.06. The number of fused-ring (bicyclic) bond motifs is 5. The van der Waals surface area contributed by atoms with Gasteiger partial charge < -0.3 is 20.4 Å². The fourth-order valence-electron chi connectivity index (χ4n) is 9.51. The van der Waals surface area contributed by atoms with E-state index in [0.29, 0.717) is 28.7 Å². The summed E-state index contributed by atoms with van der Waals surface area (Å²) in [4.78, 5) is 54.9. The van der Waals surface area contributed by atoms with Gasteiger partial charge in [-0.15, -0.1) is 11.3 Å². The van der Waals surface area contributed by atoms with Gasteiger partial charge in [0.1, 0.15) is 18.1 Å². The molecule has 2 aromatic heterocycles. The van der Waals surface area contributed by atoms with Crippen LogP contribution in [0.1, 0.15) is 101 Å². The van der Waals surface area contributed by atoms with Gasteiger partial charge in [0.2, 0.25) is 11.8 Å². The van der Waals surface area contributed by atoms with E-state index in [2.05, 4.69) is 62.1 Å². The molecule has 322 valence electrons. The molecule has 3 aliphatic rings. The van der Waals surface area contributed by atoms with Gasteiger partial charge in [0.25, 0.3) is 5.56 Å². The fraction of sp³-hybridized carbons (Fsp3) is 0.468. The molecule has 5 aromatic rings. The second-order valence-electron chi connectivity index (χ2n) is 18.7. The van der Waals surface area contributed by atoms with Crippen LogP contribution in [0, 0.1) is 12.3 Å². The molecule has 5 heterocycles. The highest BCUT2D eigenvalue weighted by Crippen LogP contribution is 2.45. The summed E-state index contributed by atoms with van der Waals surface area (Å²) in [5.74, 6) is 0.376. The Morgan fingerprint density at radius 3 is 2.46 bits per heavy atom. The first-order valence-corrected chi connectivity index (χ1v) is 22.5. The molecule has 61 heavy (non-hydrogen) atoms. The lowest BCUT2D eigenvalue weighted by molar-refractivity contribution is -0.143. The molecule has 3 aliphatic heterocycles. The van der Waals surface area contributed by atoms with Gasteiger partial charge in [0.15, 0.2) is 0 Å². The Morgan fingerprint density at radius 1 is 1.07 bits per heavy atom. The van der Waals surface area contributed by atoms with E-state index in [-0.39, 0.29) is 36.4 Å². The zero-order valence-corrected chi connectivity index (χ0v) is 37.5. The zero-order chi connectivity index (χ0) is 43.5. The standard InChI is InChI=1S/C47H56ClN7O5S/c1-26(28-11-13-30(14-12-28)40-27(2)49-25-61-40)50-42(58)37-22-32(56)23-54(37)44(60)41(46(3,4)5)51-38(57)24-53-19-17-29(18-20-53)31-15-16-35-33(21-31)47(6,7)45-52-43(59)39-34(48)9-8-10-36(39)55(35)45/h8-16,21,25-26,29,32,37-38,41,51,56-57H,17-20,22-24H2,1-7H3,(H,50,58)/t26-,32+,37-,38?,41+/m0/s1. The van der Waals surface area contributed by atoms with Crippen LogP contribution in [-0.2, 0) is 15.0 Å². The Bertz CT molecular complexity index is 2520. The smallest absolute Gasteiger partial charge is 0.282 e. The molecule has 12 nitrogen and oxygen atoms in total. The van der Waals surface area contributed by atoms with Crippen molar-refractivity contribution in [1.29, 1.82) is 0 Å². The van der Waals surface area contributed by atoms with Crippen molar-refractivity contribution in [2.75, 3.05) is 26.2 Å². The minimum Gasteiger partial charge on any atom is -0.391 e. The molecule has 0 radical (unpaired) electrons. The number of β-amino-alcohol motifs (C(OH)–C–C–N with tert-alkyl or cyclic N) is 2. The molecule has 4 N–H and O–H groups in total. The van der Waals surface area contributed by atoms with Crippen molar-refractivity contribution in [3.63, 3.8) is 0 Å². The molecule has 0 aliphatic carbocycles. The Hall–Kier alpha value is -4.50. The van der Waals surface area contributed by atoms with Gasteiger partial charge in [-0.3, -0.25) is 29.2 Å². The number of aromatic nitrogens is 3. The Kier molecular flexibility index (Phi) is 11.8. The van der Waals surface area contributed by atoms with Crippen molar-refractivity contribution >= 4 is 45.7 Å². The maximum Gasteiger partial charge on any atom is 0.282 e. The summed E-state index contributed by atoms with van der Waals surface area (Å²) in [5.41, 5.74) is 7.52. The summed E-state index contributed by atoms with van der Waals surface area (Å²) in [6, 6.07) is 18.2. The van der Waals surface area contributed by atoms with Crippen LogP contribution in [0.5, 0.6) is 0 Å². The van der Waals surface area contributed by atoms with E-state index in [9.17, 15) is 24.6 Å². The third kappa shape index (κ3) is 8.28. The van der Waals surface area contributed by atoms with Gasteiger partial charge in [0.05, 0.1) is 61.3 Å². The summed E-state index contributed by atoms with van der Waals surface area (Å²) < 4.78 is 2.07. The van der Waals surface area contributed by atoms with Crippen LogP contribution < -0.4 is 16.2 Å². The number of rotatable bonds is 10. The lowest BCUT2D eigenvalue weighted by Gasteiger charge is -2.38. The van der Waals surface area contributed by atoms with Crippen molar-refractivity contribution in [2.45, 2.75) is 110 Å². The number of piperidine rings is 1. The molecule has 8 rings (SSSR count). The Balaban J connectivity index is 0.890. The number of thiazole rings is 1. The molecule has 0 saturated carbocycles.